The van der Waals surface area contributed by atoms with Gasteiger partial charge in [0.05, 0.1) is 13.4 Å². The van der Waals surface area contributed by atoms with Gasteiger partial charge in [0, 0.05) is 23.7 Å². The van der Waals surface area contributed by atoms with Crippen LogP contribution in [0.1, 0.15) is 22.8 Å². The van der Waals surface area contributed by atoms with Gasteiger partial charge in [-0.15, -0.1) is 0 Å². The van der Waals surface area contributed by atoms with E-state index < -0.39 is 5.91 Å². The molecule has 28 heavy (non-hydrogen) atoms. The first-order chi connectivity index (χ1) is 13.5. The van der Waals surface area contributed by atoms with E-state index in [1.807, 2.05) is 6.07 Å². The summed E-state index contributed by atoms with van der Waals surface area (Å²) >= 11 is 0. The minimum atomic E-state index is -0.404. The summed E-state index contributed by atoms with van der Waals surface area (Å²) in [5, 5.41) is 14.7. The number of benzene rings is 1. The second kappa shape index (κ2) is 8.05. The summed E-state index contributed by atoms with van der Waals surface area (Å²) in [6, 6.07) is 13.4. The Bertz CT molecular complexity index is 1050. The molecule has 0 atom stereocenters. The first kappa shape index (κ1) is 18.7. The fraction of sp³-hybridized carbons (Fsp3) is 0.100. The fourth-order valence-electron chi connectivity index (χ4n) is 2.56. The Morgan fingerprint density at radius 1 is 1.18 bits per heavy atom. The van der Waals surface area contributed by atoms with Crippen LogP contribution < -0.4 is 15.4 Å². The number of anilines is 2. The molecule has 1 aromatic carbocycles. The molecule has 0 unspecified atom stereocenters. The average molecular weight is 376 g/mol. The smallest absolute Gasteiger partial charge is 0.256 e. The number of nitrogens with one attached hydrogen (secondary N) is 2. The van der Waals surface area contributed by atoms with Gasteiger partial charge in [-0.3, -0.25) is 9.59 Å². The van der Waals surface area contributed by atoms with Crippen LogP contribution in [-0.4, -0.2) is 23.9 Å². The zero-order valence-electron chi connectivity index (χ0n) is 15.1. The zero-order chi connectivity index (χ0) is 20.1. The Kier molecular flexibility index (Phi) is 5.37. The normalized spacial score (nSPS) is 10.0. The third kappa shape index (κ3) is 3.99. The molecule has 2 heterocycles. The molecular formula is C20H16N4O4. The standard InChI is InChI=1S/C20H16N4O4/c1-12(25)22-14-7-5-13(6-8-14)19(26)23-18-10-15(17-4-3-9-28-17)16(11-21)20(24-18)27-2/h3-10H,1-2H3,(H,22,25)(H,23,24,26). The zero-order valence-corrected chi connectivity index (χ0v) is 15.1. The highest BCUT2D eigenvalue weighted by atomic mass is 16.5. The number of pyridine rings is 1. The summed E-state index contributed by atoms with van der Waals surface area (Å²) < 4.78 is 10.6. The summed E-state index contributed by atoms with van der Waals surface area (Å²) in [6.45, 7) is 1.40. The highest BCUT2D eigenvalue weighted by molar-refractivity contribution is 6.04. The van der Waals surface area contributed by atoms with Crippen molar-refractivity contribution in [2.24, 2.45) is 0 Å². The first-order valence-corrected chi connectivity index (χ1v) is 8.24. The number of carbonyl (C=O) groups is 2. The minimum absolute atomic E-state index is 0.0766. The number of nitrogens with zero attached hydrogens (tertiary/aromatic N) is 2. The van der Waals surface area contributed by atoms with Gasteiger partial charge < -0.3 is 19.8 Å². The van der Waals surface area contributed by atoms with E-state index in [1.54, 1.807) is 42.5 Å². The van der Waals surface area contributed by atoms with E-state index in [9.17, 15) is 14.9 Å². The van der Waals surface area contributed by atoms with Crippen molar-refractivity contribution >= 4 is 23.3 Å². The first-order valence-electron chi connectivity index (χ1n) is 8.24. The van der Waals surface area contributed by atoms with Crippen molar-refractivity contribution in [1.29, 1.82) is 5.26 Å². The number of hydrogen-bond acceptors (Lipinski definition) is 6. The van der Waals surface area contributed by atoms with Gasteiger partial charge in [-0.1, -0.05) is 0 Å². The molecule has 0 bridgehead atoms. The summed E-state index contributed by atoms with van der Waals surface area (Å²) in [5.74, 6) is 0.133. The number of nitriles is 1. The van der Waals surface area contributed by atoms with Gasteiger partial charge in [0.2, 0.25) is 11.8 Å². The molecule has 8 nitrogen and oxygen atoms in total. The third-order valence-corrected chi connectivity index (χ3v) is 3.79. The number of ether oxygens (including phenoxy) is 1. The highest BCUT2D eigenvalue weighted by Gasteiger charge is 2.18. The number of methoxy groups -OCH3 is 1. The van der Waals surface area contributed by atoms with Gasteiger partial charge >= 0.3 is 0 Å². The maximum Gasteiger partial charge on any atom is 0.256 e. The lowest BCUT2D eigenvalue weighted by Crippen LogP contribution is -2.14. The number of carbonyl (C=O) groups excluding carboxylic acids is 2. The van der Waals surface area contributed by atoms with Crippen LogP contribution in [-0.2, 0) is 4.79 Å². The lowest BCUT2D eigenvalue weighted by Gasteiger charge is -2.11. The average Bonchev–Trinajstić information content (AvgIpc) is 3.22. The van der Waals surface area contributed by atoms with E-state index in [-0.39, 0.29) is 23.2 Å². The van der Waals surface area contributed by atoms with Crippen molar-refractivity contribution in [3.8, 4) is 23.3 Å². The van der Waals surface area contributed by atoms with Gasteiger partial charge in [0.15, 0.2) is 0 Å². The van der Waals surface area contributed by atoms with E-state index in [0.717, 1.165) is 0 Å². The Balaban J connectivity index is 1.89. The SMILES string of the molecule is COc1nc(NC(=O)c2ccc(NC(C)=O)cc2)cc(-c2ccco2)c1C#N. The predicted octanol–water partition coefficient (Wildman–Crippen LogP) is 3.43. The summed E-state index contributed by atoms with van der Waals surface area (Å²) in [4.78, 5) is 27.8. The fourth-order valence-corrected chi connectivity index (χ4v) is 2.56. The van der Waals surface area contributed by atoms with Crippen molar-refractivity contribution in [1.82, 2.24) is 4.98 Å². The molecular weight excluding hydrogens is 360 g/mol. The van der Waals surface area contributed by atoms with Crippen molar-refractivity contribution in [3.63, 3.8) is 0 Å². The molecule has 3 rings (SSSR count). The van der Waals surface area contributed by atoms with Crippen molar-refractivity contribution in [2.45, 2.75) is 6.92 Å². The molecule has 2 aromatic heterocycles. The summed E-state index contributed by atoms with van der Waals surface area (Å²) in [5.41, 5.74) is 1.62. The monoisotopic (exact) mass is 376 g/mol. The maximum atomic E-state index is 12.5. The molecule has 2 amide bonds. The second-order valence-corrected chi connectivity index (χ2v) is 5.74. The largest absolute Gasteiger partial charge is 0.480 e. The molecule has 0 aliphatic carbocycles. The molecule has 0 aliphatic heterocycles. The van der Waals surface area contributed by atoms with Gasteiger partial charge in [0.1, 0.15) is 23.2 Å². The lowest BCUT2D eigenvalue weighted by molar-refractivity contribution is -0.114. The third-order valence-electron chi connectivity index (χ3n) is 3.79. The topological polar surface area (TPSA) is 117 Å². The number of hydrogen-bond donors (Lipinski definition) is 2. The number of rotatable bonds is 5. The molecule has 2 N–H and O–H groups in total. The Hall–Kier alpha value is -4.12. The van der Waals surface area contributed by atoms with Crippen molar-refractivity contribution in [2.75, 3.05) is 17.7 Å². The van der Waals surface area contributed by atoms with Gasteiger partial charge in [0.25, 0.3) is 5.91 Å². The van der Waals surface area contributed by atoms with E-state index in [0.29, 0.717) is 22.6 Å². The maximum absolute atomic E-state index is 12.5. The summed E-state index contributed by atoms with van der Waals surface area (Å²) in [6.07, 6.45) is 1.48. The van der Waals surface area contributed by atoms with Crippen LogP contribution >= 0.6 is 0 Å². The van der Waals surface area contributed by atoms with Crippen LogP contribution in [0.2, 0.25) is 0 Å². The molecule has 0 spiro atoms. The molecule has 0 radical (unpaired) electrons. The van der Waals surface area contributed by atoms with Crippen LogP contribution in [0, 0.1) is 11.3 Å². The van der Waals surface area contributed by atoms with Crippen LogP contribution in [0.15, 0.2) is 53.1 Å². The minimum Gasteiger partial charge on any atom is -0.480 e. The van der Waals surface area contributed by atoms with Crippen LogP contribution in [0.25, 0.3) is 11.3 Å². The molecule has 0 fully saturated rings. The predicted molar refractivity (Wildman–Crippen MR) is 102 cm³/mol. The Labute approximate surface area is 160 Å². The van der Waals surface area contributed by atoms with Crippen LogP contribution in [0.3, 0.4) is 0 Å². The number of furan rings is 1. The molecule has 0 saturated heterocycles. The van der Waals surface area contributed by atoms with Crippen molar-refractivity contribution in [3.05, 3.63) is 59.9 Å². The van der Waals surface area contributed by atoms with E-state index in [2.05, 4.69) is 15.6 Å². The summed E-state index contributed by atoms with van der Waals surface area (Å²) in [7, 11) is 1.39. The van der Waals surface area contributed by atoms with Crippen LogP contribution in [0.4, 0.5) is 11.5 Å². The quantitative estimate of drug-likeness (QED) is 0.704. The molecule has 3 aromatic rings. The van der Waals surface area contributed by atoms with Crippen molar-refractivity contribution < 1.29 is 18.7 Å². The van der Waals surface area contributed by atoms with Gasteiger partial charge in [-0.25, -0.2) is 0 Å². The van der Waals surface area contributed by atoms with E-state index in [1.165, 1.54) is 20.3 Å². The van der Waals surface area contributed by atoms with Gasteiger partial charge in [-0.2, -0.15) is 10.2 Å². The Morgan fingerprint density at radius 2 is 1.93 bits per heavy atom. The lowest BCUT2D eigenvalue weighted by atomic mass is 10.1. The molecule has 0 saturated carbocycles. The van der Waals surface area contributed by atoms with Crippen LogP contribution in [0.5, 0.6) is 5.88 Å². The molecule has 0 aliphatic rings. The van der Waals surface area contributed by atoms with E-state index >= 15 is 0 Å². The highest BCUT2D eigenvalue weighted by Crippen LogP contribution is 2.31. The van der Waals surface area contributed by atoms with E-state index in [4.69, 9.17) is 9.15 Å². The number of amides is 2. The van der Waals surface area contributed by atoms with Gasteiger partial charge in [-0.05, 0) is 42.5 Å². The Morgan fingerprint density at radius 3 is 2.50 bits per heavy atom. The molecule has 8 heteroatoms. The second-order valence-electron chi connectivity index (χ2n) is 5.74. The molecule has 140 valence electrons. The number of aromatic nitrogens is 1.